The highest BCUT2D eigenvalue weighted by molar-refractivity contribution is 9.10. The van der Waals surface area contributed by atoms with Crippen molar-refractivity contribution in [2.45, 2.75) is 13.8 Å². The van der Waals surface area contributed by atoms with Gasteiger partial charge in [-0.2, -0.15) is 0 Å². The average molecular weight is 553 g/mol. The monoisotopic (exact) mass is 551 g/mol. The van der Waals surface area contributed by atoms with Crippen LogP contribution in [0.25, 0.3) is 43.4 Å². The van der Waals surface area contributed by atoms with E-state index in [9.17, 15) is 0 Å². The number of rotatable bonds is 4. The van der Waals surface area contributed by atoms with Crippen molar-refractivity contribution < 1.29 is 0 Å². The predicted molar refractivity (Wildman–Crippen MR) is 167 cm³/mol. The second-order valence-electron chi connectivity index (χ2n) is 10.0. The molecular weight excluding hydrogens is 526 g/mol. The summed E-state index contributed by atoms with van der Waals surface area (Å²) >= 11 is 3.78. The summed E-state index contributed by atoms with van der Waals surface area (Å²) in [6, 6.07) is 44.0. The first-order valence-electron chi connectivity index (χ1n) is 13.0. The van der Waals surface area contributed by atoms with Crippen LogP contribution in [0.1, 0.15) is 11.1 Å². The maximum atomic E-state index is 3.78. The lowest BCUT2D eigenvalue weighted by atomic mass is 9.88. The van der Waals surface area contributed by atoms with E-state index >= 15 is 0 Å². The van der Waals surface area contributed by atoms with Crippen LogP contribution in [0.3, 0.4) is 0 Å². The molecule has 0 saturated carbocycles. The molecule has 0 aromatic heterocycles. The summed E-state index contributed by atoms with van der Waals surface area (Å²) < 4.78 is 1.14. The van der Waals surface area contributed by atoms with E-state index in [1.54, 1.807) is 0 Å². The molecule has 0 unspecified atom stereocenters. The summed E-state index contributed by atoms with van der Waals surface area (Å²) in [5, 5.41) is 7.81. The minimum absolute atomic E-state index is 1.14. The van der Waals surface area contributed by atoms with Crippen molar-refractivity contribution in [1.29, 1.82) is 0 Å². The molecular formula is C36H26BrN. The molecule has 0 fully saturated rings. The Kier molecular flexibility index (Phi) is 5.45. The van der Waals surface area contributed by atoms with E-state index in [2.05, 4.69) is 156 Å². The van der Waals surface area contributed by atoms with Crippen molar-refractivity contribution in [3.63, 3.8) is 0 Å². The molecule has 0 bridgehead atoms. The normalized spacial score (nSPS) is 11.6. The largest absolute Gasteiger partial charge is 0.310 e. The molecule has 0 spiro atoms. The van der Waals surface area contributed by atoms with E-state index < -0.39 is 0 Å². The Balaban J connectivity index is 1.45. The van der Waals surface area contributed by atoms with Crippen LogP contribution in [0.4, 0.5) is 17.1 Å². The van der Waals surface area contributed by atoms with E-state index in [-0.39, 0.29) is 0 Å². The van der Waals surface area contributed by atoms with Crippen LogP contribution < -0.4 is 4.90 Å². The predicted octanol–water partition coefficient (Wildman–Crippen LogP) is 11.1. The molecule has 0 heterocycles. The van der Waals surface area contributed by atoms with Crippen molar-refractivity contribution >= 4 is 65.3 Å². The van der Waals surface area contributed by atoms with Crippen molar-refractivity contribution in [3.05, 3.63) is 137 Å². The summed E-state index contributed by atoms with van der Waals surface area (Å²) in [4.78, 5) is 2.35. The molecule has 7 rings (SSSR count). The number of nitrogens with zero attached hydrogens (tertiary/aromatic N) is 1. The van der Waals surface area contributed by atoms with Gasteiger partial charge >= 0.3 is 0 Å². The Morgan fingerprint density at radius 3 is 1.71 bits per heavy atom. The van der Waals surface area contributed by atoms with Crippen molar-refractivity contribution in [1.82, 2.24) is 0 Å². The number of hydrogen-bond acceptors (Lipinski definition) is 1. The van der Waals surface area contributed by atoms with Gasteiger partial charge in [0.05, 0.1) is 0 Å². The summed E-state index contributed by atoms with van der Waals surface area (Å²) in [5.41, 5.74) is 8.58. The van der Waals surface area contributed by atoms with E-state index in [0.717, 1.165) is 15.8 Å². The van der Waals surface area contributed by atoms with Crippen LogP contribution in [-0.4, -0.2) is 0 Å². The van der Waals surface area contributed by atoms with E-state index in [4.69, 9.17) is 0 Å². The second-order valence-corrected chi connectivity index (χ2v) is 10.9. The van der Waals surface area contributed by atoms with Gasteiger partial charge < -0.3 is 4.90 Å². The lowest BCUT2D eigenvalue weighted by molar-refractivity contribution is 1.24. The van der Waals surface area contributed by atoms with Gasteiger partial charge in [0.15, 0.2) is 0 Å². The first-order chi connectivity index (χ1) is 18.6. The zero-order valence-corrected chi connectivity index (χ0v) is 23.0. The maximum Gasteiger partial charge on any atom is 0.0493 e. The minimum Gasteiger partial charge on any atom is -0.310 e. The van der Waals surface area contributed by atoms with Crippen LogP contribution in [0.15, 0.2) is 126 Å². The fourth-order valence-corrected chi connectivity index (χ4v) is 6.38. The third-order valence-electron chi connectivity index (χ3n) is 7.71. The van der Waals surface area contributed by atoms with Crippen molar-refractivity contribution in [2.24, 2.45) is 0 Å². The van der Waals surface area contributed by atoms with E-state index in [1.807, 2.05) is 0 Å². The van der Waals surface area contributed by atoms with Crippen LogP contribution in [0.5, 0.6) is 0 Å². The molecule has 0 aliphatic carbocycles. The number of aryl methyl sites for hydroxylation is 2. The molecule has 0 amide bonds. The van der Waals surface area contributed by atoms with Gasteiger partial charge in [-0.15, -0.1) is 0 Å². The molecule has 0 radical (unpaired) electrons. The lowest BCUT2D eigenvalue weighted by Gasteiger charge is -2.28. The molecule has 7 aromatic rings. The third-order valence-corrected chi connectivity index (χ3v) is 8.41. The molecule has 7 aromatic carbocycles. The number of para-hydroxylation sites is 2. The highest BCUT2D eigenvalue weighted by Gasteiger charge is 2.18. The molecule has 0 aliphatic rings. The van der Waals surface area contributed by atoms with Crippen LogP contribution >= 0.6 is 15.9 Å². The SMILES string of the molecule is Cc1cc(N(c2ccccc2)c2ccccc2)c(C)cc1-c1ccc2ccc3c(Br)ccc4ccc1c2c43. The number of hydrogen-bond donors (Lipinski definition) is 0. The zero-order valence-electron chi connectivity index (χ0n) is 21.4. The quantitative estimate of drug-likeness (QED) is 0.196. The Hall–Kier alpha value is -4.14. The third kappa shape index (κ3) is 3.60. The van der Waals surface area contributed by atoms with E-state index in [1.165, 1.54) is 60.3 Å². The molecule has 38 heavy (non-hydrogen) atoms. The van der Waals surface area contributed by atoms with Crippen LogP contribution in [-0.2, 0) is 0 Å². The Morgan fingerprint density at radius 2 is 1.05 bits per heavy atom. The summed E-state index contributed by atoms with van der Waals surface area (Å²) in [5.74, 6) is 0. The van der Waals surface area contributed by atoms with Gasteiger partial charge in [0.25, 0.3) is 0 Å². The van der Waals surface area contributed by atoms with Gasteiger partial charge in [0, 0.05) is 21.5 Å². The standard InChI is InChI=1S/C36H26BrN/c1-23-22-34(38(27-9-5-3-6-10-27)28-11-7-4-8-12-28)24(2)21-32(23)29-17-13-25-15-19-31-33(37)20-16-26-14-18-30(29)35(25)36(26)31/h3-22H,1-2H3. The van der Waals surface area contributed by atoms with Gasteiger partial charge in [0.1, 0.15) is 0 Å². The Bertz CT molecular complexity index is 1900. The van der Waals surface area contributed by atoms with Gasteiger partial charge in [-0.1, -0.05) is 94.8 Å². The highest BCUT2D eigenvalue weighted by Crippen LogP contribution is 2.44. The number of benzene rings is 7. The Morgan fingerprint density at radius 1 is 0.500 bits per heavy atom. The van der Waals surface area contributed by atoms with Gasteiger partial charge in [0.2, 0.25) is 0 Å². The number of anilines is 3. The summed E-state index contributed by atoms with van der Waals surface area (Å²) in [6.45, 7) is 4.46. The Labute approximate surface area is 231 Å². The average Bonchev–Trinajstić information content (AvgIpc) is 2.96. The minimum atomic E-state index is 1.14. The van der Waals surface area contributed by atoms with Gasteiger partial charge in [-0.3, -0.25) is 0 Å². The fraction of sp³-hybridized carbons (Fsp3) is 0.0556. The smallest absolute Gasteiger partial charge is 0.0493 e. The molecule has 1 nitrogen and oxygen atoms in total. The molecule has 2 heteroatoms. The molecule has 182 valence electrons. The van der Waals surface area contributed by atoms with Gasteiger partial charge in [-0.25, -0.2) is 0 Å². The summed E-state index contributed by atoms with van der Waals surface area (Å²) in [7, 11) is 0. The molecule has 0 saturated heterocycles. The lowest BCUT2D eigenvalue weighted by Crippen LogP contribution is -2.11. The van der Waals surface area contributed by atoms with Crippen LogP contribution in [0.2, 0.25) is 0 Å². The maximum absolute atomic E-state index is 3.78. The molecule has 0 aliphatic heterocycles. The molecule has 0 atom stereocenters. The highest BCUT2D eigenvalue weighted by atomic mass is 79.9. The van der Waals surface area contributed by atoms with Crippen molar-refractivity contribution in [3.8, 4) is 11.1 Å². The zero-order chi connectivity index (χ0) is 25.8. The van der Waals surface area contributed by atoms with Gasteiger partial charge in [-0.05, 0) is 111 Å². The fourth-order valence-electron chi connectivity index (χ4n) is 5.91. The van der Waals surface area contributed by atoms with Crippen molar-refractivity contribution in [2.75, 3.05) is 4.90 Å². The molecule has 0 N–H and O–H groups in total. The first kappa shape index (κ1) is 23.0. The van der Waals surface area contributed by atoms with E-state index in [0.29, 0.717) is 0 Å². The second kappa shape index (κ2) is 9.01. The van der Waals surface area contributed by atoms with Crippen LogP contribution in [0, 0.1) is 13.8 Å². The summed E-state index contributed by atoms with van der Waals surface area (Å²) in [6.07, 6.45) is 0. The number of halogens is 1. The first-order valence-corrected chi connectivity index (χ1v) is 13.8. The topological polar surface area (TPSA) is 3.24 Å².